The summed E-state index contributed by atoms with van der Waals surface area (Å²) in [7, 11) is 0. The molecule has 1 amide bonds. The quantitative estimate of drug-likeness (QED) is 0.363. The monoisotopic (exact) mass is 467 g/mol. The second kappa shape index (κ2) is 9.68. The van der Waals surface area contributed by atoms with Crippen LogP contribution in [-0.2, 0) is 10.2 Å². The Balaban J connectivity index is 1.39. The molecule has 0 radical (unpaired) electrons. The van der Waals surface area contributed by atoms with Crippen LogP contribution in [-0.4, -0.2) is 24.1 Å². The highest BCUT2D eigenvalue weighted by atomic mass is 19.1. The molecule has 5 rings (SSSR count). The minimum absolute atomic E-state index is 0.234. The number of pyridine rings is 1. The van der Waals surface area contributed by atoms with Gasteiger partial charge in [0.15, 0.2) is 0 Å². The molecular weight excluding hydrogens is 441 g/mol. The predicted octanol–water partition coefficient (Wildman–Crippen LogP) is 5.82. The first-order chi connectivity index (χ1) is 17.0. The summed E-state index contributed by atoms with van der Waals surface area (Å²) in [4.78, 5) is 17.7. The normalized spacial score (nSPS) is 14.9. The molecule has 1 aliphatic heterocycles. The molecule has 0 saturated carbocycles. The number of aromatic nitrogens is 1. The fourth-order valence-electron chi connectivity index (χ4n) is 4.68. The van der Waals surface area contributed by atoms with E-state index in [1.54, 1.807) is 24.3 Å². The van der Waals surface area contributed by atoms with Crippen molar-refractivity contribution in [3.05, 3.63) is 114 Å². The average molecular weight is 468 g/mol. The van der Waals surface area contributed by atoms with Gasteiger partial charge in [0, 0.05) is 30.4 Å². The minimum Gasteiger partial charge on any atom is -0.397 e. The van der Waals surface area contributed by atoms with Crippen LogP contribution in [0.1, 0.15) is 34.5 Å². The fraction of sp³-hybridized carbons (Fsp3) is 0.172. The molecule has 6 heteroatoms. The van der Waals surface area contributed by atoms with E-state index < -0.39 is 0 Å². The van der Waals surface area contributed by atoms with E-state index in [4.69, 9.17) is 10.5 Å². The predicted molar refractivity (Wildman–Crippen MR) is 136 cm³/mol. The zero-order valence-electron chi connectivity index (χ0n) is 19.2. The standard InChI is InChI=1S/C29H26FN3O2/c30-24-11-6-20(7-12-24)22-8-13-25(31)26(19-22)33-28(34)21-4-9-23(10-5-21)29(14-17-35-18-15-29)27-3-1-2-16-32-27/h1-13,16,19H,14-15,17-18,31H2,(H,33,34). The summed E-state index contributed by atoms with van der Waals surface area (Å²) in [5.74, 6) is -0.551. The lowest BCUT2D eigenvalue weighted by Crippen LogP contribution is -2.35. The lowest BCUT2D eigenvalue weighted by molar-refractivity contribution is 0.0618. The highest BCUT2D eigenvalue weighted by Gasteiger charge is 2.37. The van der Waals surface area contributed by atoms with Gasteiger partial charge in [-0.15, -0.1) is 0 Å². The topological polar surface area (TPSA) is 77.2 Å². The van der Waals surface area contributed by atoms with E-state index in [1.165, 1.54) is 12.1 Å². The van der Waals surface area contributed by atoms with E-state index in [9.17, 15) is 9.18 Å². The summed E-state index contributed by atoms with van der Waals surface area (Å²) in [6, 6.07) is 25.2. The van der Waals surface area contributed by atoms with Gasteiger partial charge in [-0.1, -0.05) is 36.4 Å². The van der Waals surface area contributed by atoms with Crippen LogP contribution in [0.4, 0.5) is 15.8 Å². The molecule has 1 fully saturated rings. The number of nitrogens with one attached hydrogen (secondary N) is 1. The number of nitrogen functional groups attached to an aromatic ring is 1. The van der Waals surface area contributed by atoms with Gasteiger partial charge in [0.1, 0.15) is 5.82 Å². The number of anilines is 2. The van der Waals surface area contributed by atoms with Crippen molar-refractivity contribution in [3.63, 3.8) is 0 Å². The molecule has 2 heterocycles. The van der Waals surface area contributed by atoms with Crippen molar-refractivity contribution in [2.45, 2.75) is 18.3 Å². The van der Waals surface area contributed by atoms with Crippen LogP contribution in [0, 0.1) is 5.82 Å². The lowest BCUT2D eigenvalue weighted by atomic mass is 9.71. The molecule has 5 nitrogen and oxygen atoms in total. The summed E-state index contributed by atoms with van der Waals surface area (Å²) < 4.78 is 18.9. The van der Waals surface area contributed by atoms with Gasteiger partial charge >= 0.3 is 0 Å². The van der Waals surface area contributed by atoms with Crippen molar-refractivity contribution in [1.82, 2.24) is 4.98 Å². The Bertz CT molecular complexity index is 1320. The van der Waals surface area contributed by atoms with E-state index in [2.05, 4.69) is 16.4 Å². The van der Waals surface area contributed by atoms with Gasteiger partial charge in [-0.2, -0.15) is 0 Å². The Kier molecular flexibility index (Phi) is 6.29. The zero-order valence-corrected chi connectivity index (χ0v) is 19.2. The number of benzene rings is 3. The van der Waals surface area contributed by atoms with Crippen LogP contribution in [0.25, 0.3) is 11.1 Å². The molecule has 3 aromatic carbocycles. The molecule has 176 valence electrons. The van der Waals surface area contributed by atoms with Crippen molar-refractivity contribution >= 4 is 17.3 Å². The Labute approximate surface area is 203 Å². The fourth-order valence-corrected chi connectivity index (χ4v) is 4.68. The Morgan fingerprint density at radius 1 is 0.914 bits per heavy atom. The third kappa shape index (κ3) is 4.66. The van der Waals surface area contributed by atoms with Gasteiger partial charge < -0.3 is 15.8 Å². The molecule has 3 N–H and O–H groups in total. The molecule has 35 heavy (non-hydrogen) atoms. The van der Waals surface area contributed by atoms with Crippen molar-refractivity contribution in [1.29, 1.82) is 0 Å². The SMILES string of the molecule is Nc1ccc(-c2ccc(F)cc2)cc1NC(=O)c1ccc(C2(c3ccccn3)CCOCC2)cc1. The first-order valence-corrected chi connectivity index (χ1v) is 11.6. The molecule has 1 aromatic heterocycles. The molecule has 0 unspecified atom stereocenters. The lowest BCUT2D eigenvalue weighted by Gasteiger charge is -2.37. The number of carbonyl (C=O) groups is 1. The summed E-state index contributed by atoms with van der Waals surface area (Å²) in [5.41, 5.74) is 11.2. The number of nitrogens with two attached hydrogens (primary N) is 1. The van der Waals surface area contributed by atoms with Crippen molar-refractivity contribution in [2.24, 2.45) is 0 Å². The van der Waals surface area contributed by atoms with Crippen LogP contribution in [0.15, 0.2) is 91.1 Å². The van der Waals surface area contributed by atoms with Crippen LogP contribution in [0.3, 0.4) is 0 Å². The molecule has 0 spiro atoms. The largest absolute Gasteiger partial charge is 0.397 e. The maximum Gasteiger partial charge on any atom is 0.255 e. The van der Waals surface area contributed by atoms with Gasteiger partial charge in [-0.05, 0) is 78.1 Å². The highest BCUT2D eigenvalue weighted by molar-refractivity contribution is 6.06. The molecule has 0 aliphatic carbocycles. The van der Waals surface area contributed by atoms with Gasteiger partial charge in [-0.25, -0.2) is 4.39 Å². The third-order valence-electron chi connectivity index (χ3n) is 6.68. The van der Waals surface area contributed by atoms with Gasteiger partial charge in [0.25, 0.3) is 5.91 Å². The van der Waals surface area contributed by atoms with E-state index in [0.29, 0.717) is 30.2 Å². The number of carbonyl (C=O) groups excluding carboxylic acids is 1. The smallest absolute Gasteiger partial charge is 0.255 e. The van der Waals surface area contributed by atoms with E-state index in [0.717, 1.165) is 35.2 Å². The average Bonchev–Trinajstić information content (AvgIpc) is 2.91. The van der Waals surface area contributed by atoms with Crippen molar-refractivity contribution in [2.75, 3.05) is 24.3 Å². The zero-order chi connectivity index (χ0) is 24.3. The summed E-state index contributed by atoms with van der Waals surface area (Å²) in [6.07, 6.45) is 3.49. The molecule has 1 saturated heterocycles. The molecule has 0 atom stereocenters. The summed E-state index contributed by atoms with van der Waals surface area (Å²) in [6.45, 7) is 1.34. The van der Waals surface area contributed by atoms with Crippen LogP contribution in [0.2, 0.25) is 0 Å². The Hall–Kier alpha value is -4.03. The number of hydrogen-bond acceptors (Lipinski definition) is 4. The Morgan fingerprint density at radius 3 is 2.31 bits per heavy atom. The molecular formula is C29H26FN3O2. The molecule has 0 bridgehead atoms. The van der Waals surface area contributed by atoms with Gasteiger partial charge in [0.05, 0.1) is 17.1 Å². The van der Waals surface area contributed by atoms with E-state index in [1.807, 2.05) is 48.7 Å². The number of nitrogens with zero attached hydrogens (tertiary/aromatic N) is 1. The summed E-state index contributed by atoms with van der Waals surface area (Å²) >= 11 is 0. The van der Waals surface area contributed by atoms with Crippen molar-refractivity contribution in [3.8, 4) is 11.1 Å². The number of amides is 1. The van der Waals surface area contributed by atoms with E-state index in [-0.39, 0.29) is 17.1 Å². The Morgan fingerprint density at radius 2 is 1.63 bits per heavy atom. The van der Waals surface area contributed by atoms with Crippen LogP contribution >= 0.6 is 0 Å². The maximum absolute atomic E-state index is 13.3. The van der Waals surface area contributed by atoms with Crippen molar-refractivity contribution < 1.29 is 13.9 Å². The third-order valence-corrected chi connectivity index (χ3v) is 6.68. The van der Waals surface area contributed by atoms with Gasteiger partial charge in [-0.3, -0.25) is 9.78 Å². The number of ether oxygens (including phenoxy) is 1. The highest BCUT2D eigenvalue weighted by Crippen LogP contribution is 2.40. The molecule has 1 aliphatic rings. The van der Waals surface area contributed by atoms with Gasteiger partial charge in [0.2, 0.25) is 0 Å². The number of rotatable bonds is 5. The van der Waals surface area contributed by atoms with Crippen LogP contribution in [0.5, 0.6) is 0 Å². The minimum atomic E-state index is -0.299. The first-order valence-electron chi connectivity index (χ1n) is 11.6. The van der Waals surface area contributed by atoms with Crippen LogP contribution < -0.4 is 11.1 Å². The second-order valence-electron chi connectivity index (χ2n) is 8.75. The molecule has 4 aromatic rings. The first kappa shape index (κ1) is 22.7. The summed E-state index contributed by atoms with van der Waals surface area (Å²) in [5, 5.41) is 2.92. The second-order valence-corrected chi connectivity index (χ2v) is 8.75. The maximum atomic E-state index is 13.3. The number of hydrogen-bond donors (Lipinski definition) is 2. The van der Waals surface area contributed by atoms with E-state index >= 15 is 0 Å². The number of halogens is 1.